The number of anilines is 1. The standard InChI is InChI=1S/C14H18N4O/c1-9-10(2)17-18-14(16-9)7-5-11-4-6-13(19-3)12(15)8-11/h4,6,8H,5,7,15H2,1-3H3. The van der Waals surface area contributed by atoms with E-state index in [1.807, 2.05) is 32.0 Å². The van der Waals surface area contributed by atoms with Crippen LogP contribution < -0.4 is 10.5 Å². The van der Waals surface area contributed by atoms with E-state index in [9.17, 15) is 0 Å². The molecule has 0 aliphatic carbocycles. The second-order valence-corrected chi connectivity index (χ2v) is 4.48. The lowest BCUT2D eigenvalue weighted by atomic mass is 10.1. The number of benzene rings is 1. The van der Waals surface area contributed by atoms with Crippen molar-refractivity contribution in [3.05, 3.63) is 41.0 Å². The molecule has 2 rings (SSSR count). The predicted molar refractivity (Wildman–Crippen MR) is 74.1 cm³/mol. The number of hydrogen-bond acceptors (Lipinski definition) is 5. The van der Waals surface area contributed by atoms with E-state index < -0.39 is 0 Å². The summed E-state index contributed by atoms with van der Waals surface area (Å²) in [6, 6.07) is 5.81. The van der Waals surface area contributed by atoms with Crippen LogP contribution >= 0.6 is 0 Å². The van der Waals surface area contributed by atoms with Crippen LogP contribution in [0.2, 0.25) is 0 Å². The minimum absolute atomic E-state index is 0.652. The smallest absolute Gasteiger partial charge is 0.151 e. The summed E-state index contributed by atoms with van der Waals surface area (Å²) in [4.78, 5) is 4.41. The molecule has 0 atom stereocenters. The molecule has 0 radical (unpaired) electrons. The molecule has 0 fully saturated rings. The Morgan fingerprint density at radius 1 is 1.11 bits per heavy atom. The van der Waals surface area contributed by atoms with Crippen molar-refractivity contribution in [2.45, 2.75) is 26.7 Å². The lowest BCUT2D eigenvalue weighted by Gasteiger charge is -2.07. The first-order valence-electron chi connectivity index (χ1n) is 6.19. The molecule has 5 nitrogen and oxygen atoms in total. The lowest BCUT2D eigenvalue weighted by molar-refractivity contribution is 0.417. The molecule has 0 spiro atoms. The molecule has 0 bridgehead atoms. The van der Waals surface area contributed by atoms with Gasteiger partial charge in [-0.25, -0.2) is 4.98 Å². The second kappa shape index (κ2) is 5.65. The van der Waals surface area contributed by atoms with Crippen molar-refractivity contribution in [1.82, 2.24) is 15.2 Å². The monoisotopic (exact) mass is 258 g/mol. The van der Waals surface area contributed by atoms with Gasteiger partial charge >= 0.3 is 0 Å². The van der Waals surface area contributed by atoms with Gasteiger partial charge in [-0.15, -0.1) is 5.10 Å². The normalized spacial score (nSPS) is 10.5. The van der Waals surface area contributed by atoms with E-state index in [0.29, 0.717) is 11.4 Å². The van der Waals surface area contributed by atoms with Crippen molar-refractivity contribution >= 4 is 5.69 Å². The van der Waals surface area contributed by atoms with Crippen molar-refractivity contribution in [1.29, 1.82) is 0 Å². The van der Waals surface area contributed by atoms with E-state index in [4.69, 9.17) is 10.5 Å². The van der Waals surface area contributed by atoms with E-state index >= 15 is 0 Å². The molecule has 0 saturated carbocycles. The third kappa shape index (κ3) is 3.19. The highest BCUT2D eigenvalue weighted by atomic mass is 16.5. The van der Waals surface area contributed by atoms with Crippen LogP contribution in [0.25, 0.3) is 0 Å². The van der Waals surface area contributed by atoms with Gasteiger partial charge in [0, 0.05) is 6.42 Å². The Kier molecular flexibility index (Phi) is 3.94. The molecule has 2 aromatic rings. The van der Waals surface area contributed by atoms with E-state index in [-0.39, 0.29) is 0 Å². The van der Waals surface area contributed by atoms with Crippen LogP contribution in [0.3, 0.4) is 0 Å². The molecule has 0 aliphatic heterocycles. The number of nitrogen functional groups attached to an aromatic ring is 1. The van der Waals surface area contributed by atoms with Gasteiger partial charge in [-0.3, -0.25) is 0 Å². The summed E-state index contributed by atoms with van der Waals surface area (Å²) in [6.07, 6.45) is 1.58. The molecule has 19 heavy (non-hydrogen) atoms. The Labute approximate surface area is 112 Å². The topological polar surface area (TPSA) is 73.9 Å². The van der Waals surface area contributed by atoms with Gasteiger partial charge in [0.2, 0.25) is 0 Å². The van der Waals surface area contributed by atoms with Crippen LogP contribution in [0.15, 0.2) is 18.2 Å². The summed E-state index contributed by atoms with van der Waals surface area (Å²) >= 11 is 0. The Bertz CT molecular complexity index is 584. The van der Waals surface area contributed by atoms with Crippen molar-refractivity contribution in [3.8, 4) is 5.75 Å². The summed E-state index contributed by atoms with van der Waals surface area (Å²) < 4.78 is 5.13. The number of nitrogens with zero attached hydrogens (tertiary/aromatic N) is 3. The quantitative estimate of drug-likeness (QED) is 0.847. The summed E-state index contributed by atoms with van der Waals surface area (Å²) in [5, 5.41) is 8.17. The SMILES string of the molecule is COc1ccc(CCc2nnc(C)c(C)n2)cc1N. The van der Waals surface area contributed by atoms with Gasteiger partial charge in [-0.1, -0.05) is 6.07 Å². The van der Waals surface area contributed by atoms with Crippen molar-refractivity contribution < 1.29 is 4.74 Å². The number of aromatic nitrogens is 3. The molecule has 5 heteroatoms. The highest BCUT2D eigenvalue weighted by Gasteiger charge is 2.04. The maximum absolute atomic E-state index is 5.88. The van der Waals surface area contributed by atoms with E-state index in [1.54, 1.807) is 7.11 Å². The Balaban J connectivity index is 2.05. The minimum atomic E-state index is 0.652. The van der Waals surface area contributed by atoms with E-state index in [0.717, 1.165) is 35.6 Å². The summed E-state index contributed by atoms with van der Waals surface area (Å²) in [7, 11) is 1.61. The van der Waals surface area contributed by atoms with E-state index in [1.165, 1.54) is 0 Å². The van der Waals surface area contributed by atoms with Crippen molar-refractivity contribution in [3.63, 3.8) is 0 Å². The average Bonchev–Trinajstić information content (AvgIpc) is 2.40. The van der Waals surface area contributed by atoms with Gasteiger partial charge in [-0.05, 0) is 38.0 Å². The maximum Gasteiger partial charge on any atom is 0.151 e. The summed E-state index contributed by atoms with van der Waals surface area (Å²) in [6.45, 7) is 3.85. The molecular formula is C14H18N4O. The molecule has 2 N–H and O–H groups in total. The highest BCUT2D eigenvalue weighted by molar-refractivity contribution is 5.54. The van der Waals surface area contributed by atoms with Crippen LogP contribution in [-0.4, -0.2) is 22.3 Å². The van der Waals surface area contributed by atoms with Gasteiger partial charge < -0.3 is 10.5 Å². The lowest BCUT2D eigenvalue weighted by Crippen LogP contribution is -2.04. The van der Waals surface area contributed by atoms with Crippen LogP contribution in [-0.2, 0) is 12.8 Å². The average molecular weight is 258 g/mol. The third-order valence-electron chi connectivity index (χ3n) is 3.07. The first-order valence-corrected chi connectivity index (χ1v) is 6.19. The van der Waals surface area contributed by atoms with Gasteiger partial charge in [0.1, 0.15) is 5.75 Å². The zero-order valence-corrected chi connectivity index (χ0v) is 11.5. The van der Waals surface area contributed by atoms with Crippen molar-refractivity contribution in [2.24, 2.45) is 0 Å². The van der Waals surface area contributed by atoms with Crippen LogP contribution in [0.4, 0.5) is 5.69 Å². The minimum Gasteiger partial charge on any atom is -0.495 e. The fraction of sp³-hybridized carbons (Fsp3) is 0.357. The number of aryl methyl sites for hydroxylation is 4. The molecule has 100 valence electrons. The zero-order chi connectivity index (χ0) is 13.8. The van der Waals surface area contributed by atoms with Gasteiger partial charge in [0.15, 0.2) is 5.82 Å². The van der Waals surface area contributed by atoms with Crippen LogP contribution in [0.5, 0.6) is 5.75 Å². The molecule has 0 amide bonds. The molecule has 0 aliphatic rings. The van der Waals surface area contributed by atoms with Crippen LogP contribution in [0, 0.1) is 13.8 Å². The number of hydrogen-bond donors (Lipinski definition) is 1. The van der Waals surface area contributed by atoms with Crippen LogP contribution in [0.1, 0.15) is 22.8 Å². The fourth-order valence-corrected chi connectivity index (χ4v) is 1.80. The highest BCUT2D eigenvalue weighted by Crippen LogP contribution is 2.22. The van der Waals surface area contributed by atoms with Gasteiger partial charge in [-0.2, -0.15) is 5.10 Å². The molecule has 1 aromatic carbocycles. The van der Waals surface area contributed by atoms with Gasteiger partial charge in [0.05, 0.1) is 24.2 Å². The summed E-state index contributed by atoms with van der Waals surface area (Å²) in [5.41, 5.74) is 9.47. The largest absolute Gasteiger partial charge is 0.495 e. The number of methoxy groups -OCH3 is 1. The fourth-order valence-electron chi connectivity index (χ4n) is 1.80. The summed E-state index contributed by atoms with van der Waals surface area (Å²) in [5.74, 6) is 1.46. The molecule has 0 unspecified atom stereocenters. The number of nitrogens with two attached hydrogens (primary N) is 1. The first-order chi connectivity index (χ1) is 9.10. The van der Waals surface area contributed by atoms with Crippen molar-refractivity contribution in [2.75, 3.05) is 12.8 Å². The Morgan fingerprint density at radius 3 is 2.53 bits per heavy atom. The van der Waals surface area contributed by atoms with Gasteiger partial charge in [0.25, 0.3) is 0 Å². The maximum atomic E-state index is 5.88. The number of rotatable bonds is 4. The molecule has 1 aromatic heterocycles. The molecule has 0 saturated heterocycles. The zero-order valence-electron chi connectivity index (χ0n) is 11.5. The molecule has 1 heterocycles. The third-order valence-corrected chi connectivity index (χ3v) is 3.07. The first kappa shape index (κ1) is 13.3. The van der Waals surface area contributed by atoms with E-state index in [2.05, 4.69) is 15.2 Å². The predicted octanol–water partition coefficient (Wildman–Crippen LogP) is 1.86. The number of ether oxygens (including phenoxy) is 1. The Hall–Kier alpha value is -2.17. The Morgan fingerprint density at radius 2 is 1.89 bits per heavy atom. The molecular weight excluding hydrogens is 240 g/mol. The second-order valence-electron chi connectivity index (χ2n) is 4.48.